The Balaban J connectivity index is 1.66. The van der Waals surface area contributed by atoms with Crippen LogP contribution in [0.5, 0.6) is 0 Å². The van der Waals surface area contributed by atoms with Gasteiger partial charge in [-0.15, -0.1) is 0 Å². The van der Waals surface area contributed by atoms with E-state index in [1.165, 1.54) is 0 Å². The molecule has 0 N–H and O–H groups in total. The van der Waals surface area contributed by atoms with Gasteiger partial charge in [-0.2, -0.15) is 0 Å². The lowest BCUT2D eigenvalue weighted by Gasteiger charge is -2.41. The zero-order valence-corrected chi connectivity index (χ0v) is 12.0. The number of non-ortho nitro benzene ring substituents is 1. The van der Waals surface area contributed by atoms with Crippen molar-refractivity contribution in [1.29, 1.82) is 0 Å². The molecule has 6 heteroatoms. The maximum atomic E-state index is 10.8. The predicted octanol–water partition coefficient (Wildman–Crippen LogP) is 2.35. The van der Waals surface area contributed by atoms with Gasteiger partial charge in [0.2, 0.25) is 0 Å². The second kappa shape index (κ2) is 4.50. The molecule has 21 heavy (non-hydrogen) atoms. The summed E-state index contributed by atoms with van der Waals surface area (Å²) < 4.78 is 13.2. The van der Waals surface area contributed by atoms with Crippen LogP contribution in [0.25, 0.3) is 0 Å². The molecule has 0 saturated carbocycles. The van der Waals surface area contributed by atoms with E-state index in [1.807, 2.05) is 12.1 Å². The van der Waals surface area contributed by atoms with E-state index < -0.39 is 0 Å². The van der Waals surface area contributed by atoms with Crippen molar-refractivity contribution in [3.05, 3.63) is 39.9 Å². The van der Waals surface area contributed by atoms with Crippen LogP contribution in [0.2, 0.25) is 0 Å². The standard InChI is InChI=1S/C15H19N2O4/c1-17-12-9-20-13(17)3-2-4-14(17)21-15(12)10-5-7-11(8-6-10)16(18)19/h5-8,12-15H,2-4,9H2,1H3/q+1/t12-,13+,14-,15-,17+/m0/s1. The van der Waals surface area contributed by atoms with Crippen LogP contribution < -0.4 is 0 Å². The lowest BCUT2D eigenvalue weighted by molar-refractivity contribution is -0.978. The number of hydrogen-bond donors (Lipinski definition) is 0. The first-order chi connectivity index (χ1) is 10.1. The Morgan fingerprint density at radius 3 is 2.67 bits per heavy atom. The zero-order chi connectivity index (χ0) is 14.6. The van der Waals surface area contributed by atoms with Crippen LogP contribution in [0.3, 0.4) is 0 Å². The number of rotatable bonds is 2. The summed E-state index contributed by atoms with van der Waals surface area (Å²) in [6, 6.07) is 7.05. The number of ether oxygens (including phenoxy) is 2. The van der Waals surface area contributed by atoms with Crippen LogP contribution >= 0.6 is 0 Å². The maximum Gasteiger partial charge on any atom is 0.269 e. The molecule has 1 aromatic rings. The third-order valence-corrected chi connectivity index (χ3v) is 5.40. The number of likely N-dealkylation sites (N-methyl/N-ethyl adjacent to an activating group) is 1. The van der Waals surface area contributed by atoms with Crippen LogP contribution in [0, 0.1) is 10.1 Å². The molecule has 3 fully saturated rings. The van der Waals surface area contributed by atoms with Crippen molar-refractivity contribution < 1.29 is 18.9 Å². The number of nitro benzene ring substituents is 1. The Morgan fingerprint density at radius 1 is 1.24 bits per heavy atom. The van der Waals surface area contributed by atoms with E-state index in [-0.39, 0.29) is 29.2 Å². The summed E-state index contributed by atoms with van der Waals surface area (Å²) in [6.45, 7) is 0.708. The van der Waals surface area contributed by atoms with E-state index in [9.17, 15) is 10.1 Å². The van der Waals surface area contributed by atoms with Crippen LogP contribution in [0.1, 0.15) is 30.9 Å². The van der Waals surface area contributed by atoms with Crippen molar-refractivity contribution in [2.24, 2.45) is 0 Å². The number of piperidine rings is 1. The van der Waals surface area contributed by atoms with Crippen molar-refractivity contribution in [1.82, 2.24) is 0 Å². The summed E-state index contributed by atoms with van der Waals surface area (Å²) in [6.07, 6.45) is 3.72. The molecule has 3 heterocycles. The highest BCUT2D eigenvalue weighted by Crippen LogP contribution is 2.50. The minimum Gasteiger partial charge on any atom is -0.323 e. The molecular formula is C15H19N2O4+. The molecule has 6 nitrogen and oxygen atoms in total. The predicted molar refractivity (Wildman–Crippen MR) is 74.3 cm³/mol. The molecule has 1 aromatic carbocycles. The van der Waals surface area contributed by atoms with Crippen molar-refractivity contribution in [3.63, 3.8) is 0 Å². The van der Waals surface area contributed by atoms with Crippen molar-refractivity contribution >= 4 is 5.69 Å². The number of benzene rings is 1. The van der Waals surface area contributed by atoms with Crippen molar-refractivity contribution in [2.75, 3.05) is 13.7 Å². The first-order valence-electron chi connectivity index (χ1n) is 7.47. The van der Waals surface area contributed by atoms with Gasteiger partial charge in [0.05, 0.1) is 12.0 Å². The Kier molecular flexibility index (Phi) is 2.82. The summed E-state index contributed by atoms with van der Waals surface area (Å²) in [5.41, 5.74) is 1.14. The van der Waals surface area contributed by atoms with Gasteiger partial charge >= 0.3 is 0 Å². The smallest absolute Gasteiger partial charge is 0.269 e. The quantitative estimate of drug-likeness (QED) is 0.477. The van der Waals surface area contributed by atoms with Crippen LogP contribution in [-0.2, 0) is 9.47 Å². The Morgan fingerprint density at radius 2 is 1.95 bits per heavy atom. The molecule has 0 aromatic heterocycles. The van der Waals surface area contributed by atoms with Gasteiger partial charge in [-0.3, -0.25) is 14.6 Å². The fourth-order valence-corrected chi connectivity index (χ4v) is 4.17. The lowest BCUT2D eigenvalue weighted by Crippen LogP contribution is -2.58. The number of nitrogens with zero attached hydrogens (tertiary/aromatic N) is 2. The third kappa shape index (κ3) is 1.76. The molecule has 3 aliphatic heterocycles. The van der Waals surface area contributed by atoms with E-state index >= 15 is 0 Å². The summed E-state index contributed by atoms with van der Waals surface area (Å²) in [4.78, 5) is 10.4. The fraction of sp³-hybridized carbons (Fsp3) is 0.600. The van der Waals surface area contributed by atoms with Crippen molar-refractivity contribution in [2.45, 2.75) is 43.9 Å². The van der Waals surface area contributed by atoms with E-state index in [0.29, 0.717) is 12.6 Å². The maximum absolute atomic E-state index is 10.8. The Labute approximate surface area is 123 Å². The second-order valence-corrected chi connectivity index (χ2v) is 6.37. The minimum atomic E-state index is -0.370. The molecular weight excluding hydrogens is 272 g/mol. The van der Waals surface area contributed by atoms with Gasteiger partial charge in [0.15, 0.2) is 12.5 Å². The molecule has 112 valence electrons. The van der Waals surface area contributed by atoms with E-state index in [1.54, 1.807) is 12.1 Å². The van der Waals surface area contributed by atoms with E-state index in [0.717, 1.165) is 29.3 Å². The Bertz CT molecular complexity index is 576. The SMILES string of the molecule is C[N@+]12[C@@H]3CCC[C@H]1OC[C@H]2[C@H](c1ccc([N+](=O)[O-])cc1)O3. The number of nitro groups is 1. The topological polar surface area (TPSA) is 61.6 Å². The normalized spacial score (nSPS) is 41.0. The van der Waals surface area contributed by atoms with Gasteiger partial charge in [0.25, 0.3) is 5.69 Å². The van der Waals surface area contributed by atoms with Crippen LogP contribution in [-0.4, -0.2) is 41.6 Å². The monoisotopic (exact) mass is 291 g/mol. The summed E-state index contributed by atoms with van der Waals surface area (Å²) in [5.74, 6) is 0. The number of quaternary nitrogens is 1. The largest absolute Gasteiger partial charge is 0.323 e. The average Bonchev–Trinajstić information content (AvgIpc) is 2.98. The minimum absolute atomic E-state index is 0.0242. The van der Waals surface area contributed by atoms with E-state index in [4.69, 9.17) is 9.47 Å². The highest BCUT2D eigenvalue weighted by Gasteiger charge is 2.63. The van der Waals surface area contributed by atoms with Crippen molar-refractivity contribution in [3.8, 4) is 0 Å². The van der Waals surface area contributed by atoms with Gasteiger partial charge in [0, 0.05) is 25.0 Å². The molecule has 0 radical (unpaired) electrons. The molecule has 4 rings (SSSR count). The molecule has 0 amide bonds. The molecule has 0 spiro atoms. The molecule has 3 saturated heterocycles. The molecule has 3 aliphatic rings. The van der Waals surface area contributed by atoms with Gasteiger partial charge in [0.1, 0.15) is 18.8 Å². The summed E-state index contributed by atoms with van der Waals surface area (Å²) >= 11 is 0. The van der Waals surface area contributed by atoms with Crippen LogP contribution in [0.4, 0.5) is 5.69 Å². The third-order valence-electron chi connectivity index (χ3n) is 5.40. The summed E-state index contributed by atoms with van der Waals surface area (Å²) in [7, 11) is 2.23. The second-order valence-electron chi connectivity index (χ2n) is 6.37. The first kappa shape index (κ1) is 13.2. The molecule has 0 bridgehead atoms. The fourth-order valence-electron chi connectivity index (χ4n) is 4.17. The highest BCUT2D eigenvalue weighted by molar-refractivity contribution is 5.34. The zero-order valence-electron chi connectivity index (χ0n) is 12.0. The van der Waals surface area contributed by atoms with Gasteiger partial charge in [-0.1, -0.05) is 0 Å². The van der Waals surface area contributed by atoms with Gasteiger partial charge in [-0.25, -0.2) is 0 Å². The highest BCUT2D eigenvalue weighted by atomic mass is 16.6. The van der Waals surface area contributed by atoms with Gasteiger partial charge < -0.3 is 9.47 Å². The first-order valence-corrected chi connectivity index (χ1v) is 7.47. The number of hydrogen-bond acceptors (Lipinski definition) is 4. The average molecular weight is 291 g/mol. The van der Waals surface area contributed by atoms with E-state index in [2.05, 4.69) is 7.05 Å². The molecule has 0 aliphatic carbocycles. The Hall–Kier alpha value is -1.50. The van der Waals surface area contributed by atoms with Crippen LogP contribution in [0.15, 0.2) is 24.3 Å². The summed E-state index contributed by atoms with van der Waals surface area (Å²) in [5, 5.41) is 10.8. The van der Waals surface area contributed by atoms with Gasteiger partial charge in [-0.05, 0) is 24.1 Å². The lowest BCUT2D eigenvalue weighted by atomic mass is 9.99. The molecule has 5 atom stereocenters. The molecule has 0 unspecified atom stereocenters.